The van der Waals surface area contributed by atoms with Gasteiger partial charge in [0.2, 0.25) is 0 Å². The van der Waals surface area contributed by atoms with E-state index in [0.717, 1.165) is 19.4 Å². The molecule has 0 heterocycles. The van der Waals surface area contributed by atoms with Crippen LogP contribution in [0.2, 0.25) is 0 Å². The third-order valence-electron chi connectivity index (χ3n) is 2.51. The lowest BCUT2D eigenvalue weighted by Crippen LogP contribution is -2.35. The highest BCUT2D eigenvalue weighted by atomic mass is 16.6. The summed E-state index contributed by atoms with van der Waals surface area (Å²) in [6.07, 6.45) is 1.99. The van der Waals surface area contributed by atoms with Crippen molar-refractivity contribution in [3.63, 3.8) is 0 Å². The van der Waals surface area contributed by atoms with Gasteiger partial charge in [-0.25, -0.2) is 4.79 Å². The molecule has 1 aliphatic rings. The molecule has 0 radical (unpaired) electrons. The van der Waals surface area contributed by atoms with Gasteiger partial charge in [0, 0.05) is 12.6 Å². The number of hydrogen-bond acceptors (Lipinski definition) is 2. The van der Waals surface area contributed by atoms with Gasteiger partial charge < -0.3 is 9.64 Å². The summed E-state index contributed by atoms with van der Waals surface area (Å²) >= 11 is 0. The molecule has 0 aromatic heterocycles. The molecule has 1 aliphatic carbocycles. The number of amides is 1. The topological polar surface area (TPSA) is 29.5 Å². The van der Waals surface area contributed by atoms with E-state index in [-0.39, 0.29) is 6.09 Å². The van der Waals surface area contributed by atoms with Crippen LogP contribution >= 0.6 is 0 Å². The van der Waals surface area contributed by atoms with Gasteiger partial charge in [0.25, 0.3) is 0 Å². The van der Waals surface area contributed by atoms with Gasteiger partial charge in [0.15, 0.2) is 0 Å². The van der Waals surface area contributed by atoms with Crippen LogP contribution in [-0.2, 0) is 0 Å². The van der Waals surface area contributed by atoms with Crippen LogP contribution in [0.4, 0.5) is 4.79 Å². The minimum absolute atomic E-state index is 0.230. The number of carbonyl (C=O) groups excluding carboxylic acids is 1. The quantitative estimate of drug-likeness (QED) is 0.759. The first kappa shape index (κ1) is 10.0. The average molecular weight is 205 g/mol. The fraction of sp³-hybridized carbons (Fsp3) is 0.417. The molecule has 0 atom stereocenters. The van der Waals surface area contributed by atoms with Gasteiger partial charge in [0.1, 0.15) is 5.75 Å². The van der Waals surface area contributed by atoms with Crippen LogP contribution in [-0.4, -0.2) is 23.6 Å². The minimum atomic E-state index is -0.230. The highest BCUT2D eigenvalue weighted by Gasteiger charge is 2.32. The maximum absolute atomic E-state index is 11.7. The van der Waals surface area contributed by atoms with Gasteiger partial charge in [-0.1, -0.05) is 18.2 Å². The van der Waals surface area contributed by atoms with Gasteiger partial charge in [-0.2, -0.15) is 0 Å². The van der Waals surface area contributed by atoms with E-state index in [4.69, 9.17) is 4.74 Å². The van der Waals surface area contributed by atoms with Crippen molar-refractivity contribution in [3.05, 3.63) is 30.3 Å². The minimum Gasteiger partial charge on any atom is -0.410 e. The number of nitrogens with zero attached hydrogens (tertiary/aromatic N) is 1. The smallest absolute Gasteiger partial charge is 0.410 e. The zero-order valence-corrected chi connectivity index (χ0v) is 8.85. The Bertz CT molecular complexity index is 333. The molecule has 0 unspecified atom stereocenters. The molecule has 0 aliphatic heterocycles. The number of para-hydroxylation sites is 1. The number of ether oxygens (including phenoxy) is 1. The van der Waals surface area contributed by atoms with E-state index in [1.165, 1.54) is 0 Å². The van der Waals surface area contributed by atoms with E-state index >= 15 is 0 Å². The van der Waals surface area contributed by atoms with E-state index in [9.17, 15) is 4.79 Å². The molecule has 1 aromatic rings. The molecule has 0 N–H and O–H groups in total. The molecular formula is C12H15NO2. The number of carbonyl (C=O) groups is 1. The van der Waals surface area contributed by atoms with Crippen molar-refractivity contribution in [1.82, 2.24) is 4.90 Å². The lowest BCUT2D eigenvalue weighted by atomic mass is 10.3. The Labute approximate surface area is 89.7 Å². The Morgan fingerprint density at radius 3 is 2.60 bits per heavy atom. The molecule has 80 valence electrons. The van der Waals surface area contributed by atoms with Gasteiger partial charge in [-0.05, 0) is 31.9 Å². The fourth-order valence-corrected chi connectivity index (χ4v) is 1.57. The molecule has 15 heavy (non-hydrogen) atoms. The highest BCUT2D eigenvalue weighted by molar-refractivity contribution is 5.71. The summed E-state index contributed by atoms with van der Waals surface area (Å²) in [7, 11) is 0. The highest BCUT2D eigenvalue weighted by Crippen LogP contribution is 2.27. The number of rotatable bonds is 3. The molecule has 0 saturated heterocycles. The zero-order valence-electron chi connectivity index (χ0n) is 8.85. The monoisotopic (exact) mass is 205 g/mol. The van der Waals surface area contributed by atoms with E-state index in [1.807, 2.05) is 25.1 Å². The van der Waals surface area contributed by atoms with E-state index in [0.29, 0.717) is 11.8 Å². The van der Waals surface area contributed by atoms with Gasteiger partial charge in [0.05, 0.1) is 0 Å². The summed E-state index contributed by atoms with van der Waals surface area (Å²) in [5.41, 5.74) is 0. The van der Waals surface area contributed by atoms with Crippen molar-refractivity contribution >= 4 is 6.09 Å². The summed E-state index contributed by atoms with van der Waals surface area (Å²) in [6, 6.07) is 9.60. The maximum Gasteiger partial charge on any atom is 0.415 e. The number of hydrogen-bond donors (Lipinski definition) is 0. The Hall–Kier alpha value is -1.51. The van der Waals surface area contributed by atoms with Gasteiger partial charge in [-0.15, -0.1) is 0 Å². The standard InChI is InChI=1S/C12H15NO2/c1-2-13(10-8-9-10)12(14)15-11-6-4-3-5-7-11/h3-7,10H,2,8-9H2,1H3. The summed E-state index contributed by atoms with van der Waals surface area (Å²) in [6.45, 7) is 2.70. The zero-order chi connectivity index (χ0) is 10.7. The second-order valence-corrected chi connectivity index (χ2v) is 3.70. The molecule has 1 fully saturated rings. The molecule has 1 saturated carbocycles. The summed E-state index contributed by atoms with van der Waals surface area (Å²) in [5.74, 6) is 0.613. The Kier molecular flexibility index (Phi) is 2.90. The van der Waals surface area contributed by atoms with Gasteiger partial charge >= 0.3 is 6.09 Å². The first-order valence-corrected chi connectivity index (χ1v) is 5.34. The third kappa shape index (κ3) is 2.49. The van der Waals surface area contributed by atoms with Crippen LogP contribution in [0.15, 0.2) is 30.3 Å². The molecule has 3 nitrogen and oxygen atoms in total. The van der Waals surface area contributed by atoms with Crippen molar-refractivity contribution < 1.29 is 9.53 Å². The molecular weight excluding hydrogens is 190 g/mol. The van der Waals surface area contributed by atoms with Gasteiger partial charge in [-0.3, -0.25) is 0 Å². The molecule has 1 amide bonds. The normalized spacial score (nSPS) is 14.7. The maximum atomic E-state index is 11.7. The van der Waals surface area contributed by atoms with E-state index in [2.05, 4.69) is 0 Å². The van der Waals surface area contributed by atoms with Crippen molar-refractivity contribution in [2.24, 2.45) is 0 Å². The Morgan fingerprint density at radius 2 is 2.07 bits per heavy atom. The lowest BCUT2D eigenvalue weighted by Gasteiger charge is -2.19. The molecule has 0 spiro atoms. The molecule has 0 bridgehead atoms. The summed E-state index contributed by atoms with van der Waals surface area (Å²) < 4.78 is 5.26. The van der Waals surface area contributed by atoms with Crippen LogP contribution in [0.25, 0.3) is 0 Å². The van der Waals surface area contributed by atoms with Crippen molar-refractivity contribution in [2.75, 3.05) is 6.54 Å². The average Bonchev–Trinajstić information content (AvgIpc) is 3.04. The summed E-state index contributed by atoms with van der Waals surface area (Å²) in [4.78, 5) is 13.5. The predicted octanol–water partition coefficient (Wildman–Crippen LogP) is 2.67. The Morgan fingerprint density at radius 1 is 1.40 bits per heavy atom. The van der Waals surface area contributed by atoms with Crippen LogP contribution in [0.3, 0.4) is 0 Å². The lowest BCUT2D eigenvalue weighted by molar-refractivity contribution is 0.152. The SMILES string of the molecule is CCN(C(=O)Oc1ccccc1)C1CC1. The third-order valence-corrected chi connectivity index (χ3v) is 2.51. The molecule has 3 heteroatoms. The second-order valence-electron chi connectivity index (χ2n) is 3.70. The predicted molar refractivity (Wildman–Crippen MR) is 57.9 cm³/mol. The molecule has 1 aromatic carbocycles. The van der Waals surface area contributed by atoms with Crippen molar-refractivity contribution in [3.8, 4) is 5.75 Å². The second kappa shape index (κ2) is 4.34. The number of benzene rings is 1. The summed E-state index contributed by atoms with van der Waals surface area (Å²) in [5, 5.41) is 0. The van der Waals surface area contributed by atoms with E-state index < -0.39 is 0 Å². The first-order chi connectivity index (χ1) is 7.31. The van der Waals surface area contributed by atoms with Crippen molar-refractivity contribution in [2.45, 2.75) is 25.8 Å². The largest absolute Gasteiger partial charge is 0.415 e. The fourth-order valence-electron chi connectivity index (χ4n) is 1.57. The van der Waals surface area contributed by atoms with Crippen molar-refractivity contribution in [1.29, 1.82) is 0 Å². The molecule has 2 rings (SSSR count). The first-order valence-electron chi connectivity index (χ1n) is 5.34. The van der Waals surface area contributed by atoms with Crippen LogP contribution < -0.4 is 4.74 Å². The van der Waals surface area contributed by atoms with Crippen LogP contribution in [0.5, 0.6) is 5.75 Å². The van der Waals surface area contributed by atoms with Crippen LogP contribution in [0.1, 0.15) is 19.8 Å². The van der Waals surface area contributed by atoms with Crippen LogP contribution in [0, 0.1) is 0 Å². The Balaban J connectivity index is 1.96. The van der Waals surface area contributed by atoms with E-state index in [1.54, 1.807) is 17.0 Å².